The van der Waals surface area contributed by atoms with E-state index in [0.29, 0.717) is 11.1 Å². The molecule has 0 radical (unpaired) electrons. The molecule has 2 rings (SSSR count). The lowest BCUT2D eigenvalue weighted by Gasteiger charge is -2.16. The summed E-state index contributed by atoms with van der Waals surface area (Å²) in [6, 6.07) is 3.81. The molecule has 0 spiro atoms. The molecule has 1 heterocycles. The molecule has 0 saturated carbocycles. The van der Waals surface area contributed by atoms with Crippen molar-refractivity contribution in [3.63, 3.8) is 0 Å². The quantitative estimate of drug-likeness (QED) is 0.388. The standard InChI is InChI=1S/C16H18F4N4/c1-9-7-12(16(18,19)20)10(2)6-11(9)8-24-5-4-13(17)14(24)15(21)23-22-3/h4-7,22H,8H2,1-3H3,(H2,21,23). The van der Waals surface area contributed by atoms with Gasteiger partial charge in [-0.1, -0.05) is 6.07 Å². The summed E-state index contributed by atoms with van der Waals surface area (Å²) >= 11 is 0. The third-order valence-electron chi connectivity index (χ3n) is 3.72. The van der Waals surface area contributed by atoms with E-state index < -0.39 is 17.6 Å². The van der Waals surface area contributed by atoms with E-state index in [1.54, 1.807) is 6.92 Å². The van der Waals surface area contributed by atoms with Crippen LogP contribution in [0.3, 0.4) is 0 Å². The molecule has 0 aliphatic rings. The van der Waals surface area contributed by atoms with Crippen molar-refractivity contribution in [3.05, 3.63) is 58.2 Å². The fourth-order valence-electron chi connectivity index (χ4n) is 2.56. The molecule has 8 heteroatoms. The number of rotatable bonds is 4. The number of halogens is 4. The number of amidine groups is 1. The molecular weight excluding hydrogens is 324 g/mol. The topological polar surface area (TPSA) is 55.3 Å². The summed E-state index contributed by atoms with van der Waals surface area (Å²) in [5, 5.41) is 3.75. The summed E-state index contributed by atoms with van der Waals surface area (Å²) in [5.74, 6) is -0.589. The number of nitrogens with one attached hydrogen (secondary N) is 1. The fourth-order valence-corrected chi connectivity index (χ4v) is 2.56. The zero-order chi connectivity index (χ0) is 18.1. The van der Waals surface area contributed by atoms with E-state index in [1.807, 2.05) is 0 Å². The number of hydrogen-bond donors (Lipinski definition) is 2. The van der Waals surface area contributed by atoms with E-state index in [9.17, 15) is 17.6 Å². The van der Waals surface area contributed by atoms with Gasteiger partial charge >= 0.3 is 6.18 Å². The van der Waals surface area contributed by atoms with Gasteiger partial charge in [-0.2, -0.15) is 18.3 Å². The Balaban J connectivity index is 2.44. The molecule has 0 unspecified atom stereocenters. The zero-order valence-corrected chi connectivity index (χ0v) is 13.5. The Morgan fingerprint density at radius 1 is 1.25 bits per heavy atom. The van der Waals surface area contributed by atoms with Crippen LogP contribution in [0.5, 0.6) is 0 Å². The van der Waals surface area contributed by atoms with Crippen molar-refractivity contribution in [3.8, 4) is 0 Å². The van der Waals surface area contributed by atoms with Gasteiger partial charge in [-0.15, -0.1) is 0 Å². The largest absolute Gasteiger partial charge is 0.416 e. The molecule has 0 aliphatic heterocycles. The summed E-state index contributed by atoms with van der Waals surface area (Å²) in [7, 11) is 1.53. The van der Waals surface area contributed by atoms with Crippen LogP contribution in [0.25, 0.3) is 0 Å². The minimum absolute atomic E-state index is 0.0405. The molecule has 24 heavy (non-hydrogen) atoms. The predicted molar refractivity (Wildman–Crippen MR) is 84.2 cm³/mol. The van der Waals surface area contributed by atoms with Crippen molar-refractivity contribution in [1.29, 1.82) is 0 Å². The summed E-state index contributed by atoms with van der Waals surface area (Å²) in [4.78, 5) is 0. The van der Waals surface area contributed by atoms with Crippen LogP contribution in [0, 0.1) is 19.7 Å². The van der Waals surface area contributed by atoms with Gasteiger partial charge in [-0.3, -0.25) is 0 Å². The van der Waals surface area contributed by atoms with E-state index in [-0.39, 0.29) is 23.6 Å². The smallest absolute Gasteiger partial charge is 0.380 e. The van der Waals surface area contributed by atoms with Crippen molar-refractivity contribution < 1.29 is 17.6 Å². The summed E-state index contributed by atoms with van der Waals surface area (Å²) in [6.07, 6.45) is -2.92. The maximum atomic E-state index is 13.9. The number of alkyl halides is 3. The highest BCUT2D eigenvalue weighted by atomic mass is 19.4. The highest BCUT2D eigenvalue weighted by Gasteiger charge is 2.32. The first-order valence-electron chi connectivity index (χ1n) is 7.17. The minimum atomic E-state index is -4.40. The lowest BCUT2D eigenvalue weighted by Crippen LogP contribution is -2.22. The molecular formula is C16H18F4N4. The number of nitrogens with zero attached hydrogens (tertiary/aromatic N) is 2. The first-order chi connectivity index (χ1) is 11.1. The van der Waals surface area contributed by atoms with E-state index in [2.05, 4.69) is 10.5 Å². The SMILES string of the molecule is CN/N=C(/N)c1c(F)ccn1Cc1cc(C)c(C(F)(F)F)cc1C. The Hall–Kier alpha value is -2.51. The van der Waals surface area contributed by atoms with E-state index in [1.165, 1.54) is 36.9 Å². The monoisotopic (exact) mass is 342 g/mol. The molecule has 0 atom stereocenters. The molecule has 0 saturated heterocycles. The highest BCUT2D eigenvalue weighted by Crippen LogP contribution is 2.33. The van der Waals surface area contributed by atoms with Gasteiger partial charge in [0.05, 0.1) is 5.56 Å². The summed E-state index contributed by atoms with van der Waals surface area (Å²) in [6.45, 7) is 3.18. The van der Waals surface area contributed by atoms with Crippen molar-refractivity contribution >= 4 is 5.84 Å². The summed E-state index contributed by atoms with van der Waals surface area (Å²) in [5.41, 5.74) is 8.86. The molecule has 3 N–H and O–H groups in total. The molecule has 130 valence electrons. The first kappa shape index (κ1) is 17.8. The van der Waals surface area contributed by atoms with Gasteiger partial charge in [0.25, 0.3) is 0 Å². The number of aryl methyl sites for hydroxylation is 2. The molecule has 0 amide bonds. The Labute approximate surface area is 137 Å². The van der Waals surface area contributed by atoms with Crippen molar-refractivity contribution in [2.45, 2.75) is 26.6 Å². The van der Waals surface area contributed by atoms with Gasteiger partial charge in [0.2, 0.25) is 0 Å². The number of benzene rings is 1. The minimum Gasteiger partial charge on any atom is -0.380 e. The Morgan fingerprint density at radius 2 is 1.92 bits per heavy atom. The normalized spacial score (nSPS) is 12.5. The third-order valence-corrected chi connectivity index (χ3v) is 3.72. The van der Waals surface area contributed by atoms with E-state index in [4.69, 9.17) is 5.73 Å². The van der Waals surface area contributed by atoms with Crippen LogP contribution in [0.4, 0.5) is 17.6 Å². The maximum absolute atomic E-state index is 13.9. The Kier molecular flexibility index (Phi) is 4.86. The van der Waals surface area contributed by atoms with E-state index >= 15 is 0 Å². The number of aromatic nitrogens is 1. The van der Waals surface area contributed by atoms with Gasteiger partial charge in [0.1, 0.15) is 5.69 Å². The van der Waals surface area contributed by atoms with Crippen LogP contribution >= 0.6 is 0 Å². The van der Waals surface area contributed by atoms with Crippen LogP contribution in [0.1, 0.15) is 27.9 Å². The average Bonchev–Trinajstić information content (AvgIpc) is 2.82. The number of hydrazone groups is 1. The van der Waals surface area contributed by atoms with Gasteiger partial charge in [-0.05, 0) is 42.7 Å². The first-order valence-corrected chi connectivity index (χ1v) is 7.17. The summed E-state index contributed by atoms with van der Waals surface area (Å²) < 4.78 is 54.3. The second kappa shape index (κ2) is 6.54. The Morgan fingerprint density at radius 3 is 2.50 bits per heavy atom. The van der Waals surface area contributed by atoms with Crippen LogP contribution in [-0.2, 0) is 12.7 Å². The molecule has 0 bridgehead atoms. The lowest BCUT2D eigenvalue weighted by molar-refractivity contribution is -0.138. The Bertz CT molecular complexity index is 775. The molecule has 0 aliphatic carbocycles. The second-order valence-electron chi connectivity index (χ2n) is 5.45. The van der Waals surface area contributed by atoms with Crippen LogP contribution in [0.2, 0.25) is 0 Å². The molecule has 0 fully saturated rings. The van der Waals surface area contributed by atoms with Crippen LogP contribution in [0.15, 0.2) is 29.5 Å². The second-order valence-corrected chi connectivity index (χ2v) is 5.45. The van der Waals surface area contributed by atoms with Crippen molar-refractivity contribution in [2.75, 3.05) is 7.05 Å². The molecule has 2 aromatic rings. The predicted octanol–water partition coefficient (Wildman–Crippen LogP) is 3.15. The van der Waals surface area contributed by atoms with Gasteiger partial charge in [-0.25, -0.2) is 4.39 Å². The molecule has 1 aromatic carbocycles. The van der Waals surface area contributed by atoms with Gasteiger partial charge < -0.3 is 15.7 Å². The third kappa shape index (κ3) is 3.52. The molecule has 1 aromatic heterocycles. The van der Waals surface area contributed by atoms with E-state index in [0.717, 1.165) is 6.07 Å². The van der Waals surface area contributed by atoms with Gasteiger partial charge in [0.15, 0.2) is 11.7 Å². The highest BCUT2D eigenvalue weighted by molar-refractivity contribution is 5.96. The maximum Gasteiger partial charge on any atom is 0.416 e. The number of nitrogens with two attached hydrogens (primary N) is 1. The van der Waals surface area contributed by atoms with Crippen LogP contribution in [-0.4, -0.2) is 17.5 Å². The van der Waals surface area contributed by atoms with Crippen molar-refractivity contribution in [2.24, 2.45) is 10.8 Å². The zero-order valence-electron chi connectivity index (χ0n) is 13.5. The van der Waals surface area contributed by atoms with Crippen molar-refractivity contribution in [1.82, 2.24) is 9.99 Å². The molecule has 4 nitrogen and oxygen atoms in total. The lowest BCUT2D eigenvalue weighted by atomic mass is 9.99. The average molecular weight is 342 g/mol. The van der Waals surface area contributed by atoms with Crippen LogP contribution < -0.4 is 11.2 Å². The van der Waals surface area contributed by atoms with Gasteiger partial charge in [0, 0.05) is 19.8 Å². The number of hydrogen-bond acceptors (Lipinski definition) is 2. The fraction of sp³-hybridized carbons (Fsp3) is 0.312.